The number of tetrazole rings is 1. The normalized spacial score (nSPS) is 15.6. The molecule has 0 aliphatic carbocycles. The molecule has 5 heteroatoms. The molecule has 2 unspecified atom stereocenters. The largest absolute Gasteiger partial charge is 0.317 e. The Kier molecular flexibility index (Phi) is 4.20. The summed E-state index contributed by atoms with van der Waals surface area (Å²) in [5.41, 5.74) is 0. The molecule has 1 rings (SSSR count). The minimum absolute atomic E-state index is 0.466. The van der Waals surface area contributed by atoms with Gasteiger partial charge >= 0.3 is 0 Å². The van der Waals surface area contributed by atoms with E-state index in [1.54, 1.807) is 7.05 Å². The van der Waals surface area contributed by atoms with Crippen LogP contribution in [-0.2, 0) is 13.5 Å². The molecule has 0 aromatic carbocycles. The van der Waals surface area contributed by atoms with E-state index >= 15 is 0 Å². The lowest BCUT2D eigenvalue weighted by Crippen LogP contribution is -2.35. The van der Waals surface area contributed by atoms with Gasteiger partial charge in [0.25, 0.3) is 0 Å². The van der Waals surface area contributed by atoms with Gasteiger partial charge in [0.15, 0.2) is 5.82 Å². The fraction of sp³-hybridized carbons (Fsp3) is 0.900. The molecule has 86 valence electrons. The third-order valence-corrected chi connectivity index (χ3v) is 2.92. The maximum absolute atomic E-state index is 4.22. The smallest absolute Gasteiger partial charge is 0.175 e. The second kappa shape index (κ2) is 5.21. The first-order valence-electron chi connectivity index (χ1n) is 5.44. The van der Waals surface area contributed by atoms with Crippen LogP contribution in [0.5, 0.6) is 0 Å². The van der Waals surface area contributed by atoms with E-state index in [-0.39, 0.29) is 0 Å². The highest BCUT2D eigenvalue weighted by Gasteiger charge is 2.21. The molecule has 0 aliphatic heterocycles. The van der Waals surface area contributed by atoms with Crippen LogP contribution in [0.15, 0.2) is 0 Å². The van der Waals surface area contributed by atoms with E-state index in [1.165, 1.54) is 4.80 Å². The zero-order valence-corrected chi connectivity index (χ0v) is 10.2. The molecule has 15 heavy (non-hydrogen) atoms. The number of nitrogens with zero attached hydrogens (tertiary/aromatic N) is 4. The Morgan fingerprint density at radius 2 is 2.00 bits per heavy atom. The lowest BCUT2D eigenvalue weighted by molar-refractivity contribution is 0.295. The highest BCUT2D eigenvalue weighted by molar-refractivity contribution is 4.86. The van der Waals surface area contributed by atoms with Crippen LogP contribution in [0, 0.1) is 11.8 Å². The average Bonchev–Trinajstić information content (AvgIpc) is 2.59. The summed E-state index contributed by atoms with van der Waals surface area (Å²) < 4.78 is 0. The summed E-state index contributed by atoms with van der Waals surface area (Å²) in [6.45, 7) is 6.66. The molecule has 2 atom stereocenters. The minimum atomic E-state index is 0.466. The van der Waals surface area contributed by atoms with Crippen LogP contribution >= 0.6 is 0 Å². The molecule has 0 aliphatic rings. The summed E-state index contributed by atoms with van der Waals surface area (Å²) >= 11 is 0. The van der Waals surface area contributed by atoms with E-state index in [1.807, 2.05) is 7.05 Å². The molecule has 0 radical (unpaired) electrons. The fourth-order valence-corrected chi connectivity index (χ4v) is 1.82. The number of hydrogen-bond acceptors (Lipinski definition) is 4. The number of hydrogen-bond donors (Lipinski definition) is 1. The zero-order chi connectivity index (χ0) is 11.4. The van der Waals surface area contributed by atoms with E-state index in [0.29, 0.717) is 17.9 Å². The van der Waals surface area contributed by atoms with Gasteiger partial charge in [-0.15, -0.1) is 10.2 Å². The number of nitrogens with one attached hydrogen (secondary N) is 1. The summed E-state index contributed by atoms with van der Waals surface area (Å²) in [5, 5.41) is 15.4. The molecular weight excluding hydrogens is 190 g/mol. The van der Waals surface area contributed by atoms with Crippen LogP contribution in [0.3, 0.4) is 0 Å². The van der Waals surface area contributed by atoms with Crippen LogP contribution in [0.25, 0.3) is 0 Å². The Bertz CT molecular complexity index is 294. The maximum atomic E-state index is 4.22. The van der Waals surface area contributed by atoms with Crippen molar-refractivity contribution in [2.75, 3.05) is 7.05 Å². The molecule has 0 saturated carbocycles. The van der Waals surface area contributed by atoms with Crippen molar-refractivity contribution in [3.05, 3.63) is 5.82 Å². The van der Waals surface area contributed by atoms with E-state index in [9.17, 15) is 0 Å². The van der Waals surface area contributed by atoms with Crippen molar-refractivity contribution in [3.8, 4) is 0 Å². The summed E-state index contributed by atoms with van der Waals surface area (Å²) in [6.07, 6.45) is 0.882. The maximum Gasteiger partial charge on any atom is 0.175 e. The van der Waals surface area contributed by atoms with Crippen molar-refractivity contribution in [1.82, 2.24) is 25.5 Å². The van der Waals surface area contributed by atoms with Gasteiger partial charge < -0.3 is 5.32 Å². The van der Waals surface area contributed by atoms with Crippen molar-refractivity contribution < 1.29 is 0 Å². The third-order valence-electron chi connectivity index (χ3n) is 2.92. The Balaban J connectivity index is 2.66. The second-order valence-corrected chi connectivity index (χ2v) is 4.38. The van der Waals surface area contributed by atoms with Crippen molar-refractivity contribution in [2.24, 2.45) is 18.9 Å². The molecular formula is C10H21N5. The zero-order valence-electron chi connectivity index (χ0n) is 10.2. The number of aromatic nitrogens is 4. The van der Waals surface area contributed by atoms with Crippen molar-refractivity contribution in [1.29, 1.82) is 0 Å². The first-order valence-corrected chi connectivity index (χ1v) is 5.44. The summed E-state index contributed by atoms with van der Waals surface area (Å²) in [6, 6.07) is 0.466. The fourth-order valence-electron chi connectivity index (χ4n) is 1.82. The SMILES string of the molecule is CNC(C)C(Cc1nnn(C)n1)C(C)C. The van der Waals surface area contributed by atoms with Gasteiger partial charge in [0.1, 0.15) is 0 Å². The van der Waals surface area contributed by atoms with E-state index in [2.05, 4.69) is 41.5 Å². The first-order chi connectivity index (χ1) is 7.04. The molecule has 5 nitrogen and oxygen atoms in total. The summed E-state index contributed by atoms with van der Waals surface area (Å²) in [4.78, 5) is 1.51. The molecule has 0 amide bonds. The summed E-state index contributed by atoms with van der Waals surface area (Å²) in [7, 11) is 3.78. The van der Waals surface area contributed by atoms with Gasteiger partial charge in [-0.2, -0.15) is 4.80 Å². The predicted molar refractivity (Wildman–Crippen MR) is 59.4 cm³/mol. The monoisotopic (exact) mass is 211 g/mol. The Labute approximate surface area is 91.2 Å². The van der Waals surface area contributed by atoms with Crippen LogP contribution < -0.4 is 5.32 Å². The van der Waals surface area contributed by atoms with E-state index in [0.717, 1.165) is 12.2 Å². The Hall–Kier alpha value is -0.970. The van der Waals surface area contributed by atoms with Crippen LogP contribution in [0.2, 0.25) is 0 Å². The molecule has 0 bridgehead atoms. The van der Waals surface area contributed by atoms with Gasteiger partial charge in [-0.1, -0.05) is 13.8 Å². The van der Waals surface area contributed by atoms with Gasteiger partial charge in [0.05, 0.1) is 7.05 Å². The van der Waals surface area contributed by atoms with E-state index in [4.69, 9.17) is 0 Å². The number of rotatable bonds is 5. The highest BCUT2D eigenvalue weighted by atomic mass is 15.6. The van der Waals surface area contributed by atoms with Gasteiger partial charge in [-0.3, -0.25) is 0 Å². The quantitative estimate of drug-likeness (QED) is 0.776. The lowest BCUT2D eigenvalue weighted by Gasteiger charge is -2.25. The average molecular weight is 211 g/mol. The summed E-state index contributed by atoms with van der Waals surface area (Å²) in [5.74, 6) is 1.98. The van der Waals surface area contributed by atoms with Gasteiger partial charge in [-0.25, -0.2) is 0 Å². The second-order valence-electron chi connectivity index (χ2n) is 4.38. The Morgan fingerprint density at radius 3 is 2.40 bits per heavy atom. The topological polar surface area (TPSA) is 55.6 Å². The third kappa shape index (κ3) is 3.27. The molecule has 0 spiro atoms. The predicted octanol–water partition coefficient (Wildman–Crippen LogP) is 0.633. The van der Waals surface area contributed by atoms with Crippen LogP contribution in [-0.4, -0.2) is 33.3 Å². The molecule has 1 aromatic rings. The Morgan fingerprint density at radius 1 is 1.33 bits per heavy atom. The van der Waals surface area contributed by atoms with Crippen LogP contribution in [0.1, 0.15) is 26.6 Å². The number of aryl methyl sites for hydroxylation is 1. The minimum Gasteiger partial charge on any atom is -0.317 e. The molecule has 1 aromatic heterocycles. The standard InChI is InChI=1S/C10H21N5/c1-7(2)9(8(3)11-4)6-10-12-14-15(5)13-10/h7-9,11H,6H2,1-5H3. The van der Waals surface area contributed by atoms with Gasteiger partial charge in [0, 0.05) is 12.5 Å². The van der Waals surface area contributed by atoms with Crippen molar-refractivity contribution >= 4 is 0 Å². The molecule has 1 heterocycles. The molecule has 0 fully saturated rings. The molecule has 1 N–H and O–H groups in total. The van der Waals surface area contributed by atoms with Crippen molar-refractivity contribution in [3.63, 3.8) is 0 Å². The highest BCUT2D eigenvalue weighted by Crippen LogP contribution is 2.18. The van der Waals surface area contributed by atoms with Gasteiger partial charge in [0.2, 0.25) is 0 Å². The van der Waals surface area contributed by atoms with Crippen LogP contribution in [0.4, 0.5) is 0 Å². The van der Waals surface area contributed by atoms with E-state index < -0.39 is 0 Å². The van der Waals surface area contributed by atoms with Crippen molar-refractivity contribution in [2.45, 2.75) is 33.2 Å². The lowest BCUT2D eigenvalue weighted by atomic mass is 9.86. The first kappa shape index (κ1) is 12.1. The molecule has 0 saturated heterocycles. The van der Waals surface area contributed by atoms with Gasteiger partial charge in [-0.05, 0) is 31.0 Å².